The van der Waals surface area contributed by atoms with Gasteiger partial charge in [-0.3, -0.25) is 0 Å². The average molecular weight is 2150 g/mol. The Labute approximate surface area is 876 Å². The molecule has 0 bridgehead atoms. The molecule has 0 aliphatic rings. The van der Waals surface area contributed by atoms with Gasteiger partial charge in [-0.1, -0.05) is 485 Å². The van der Waals surface area contributed by atoms with Crippen molar-refractivity contribution in [2.24, 2.45) is 0 Å². The lowest BCUT2D eigenvalue weighted by atomic mass is 10.4. The predicted molar refractivity (Wildman–Crippen MR) is 634 cm³/mol. The molecule has 0 saturated carbocycles. The van der Waals surface area contributed by atoms with E-state index >= 15 is 0 Å². The first-order chi connectivity index (χ1) is 71.3. The number of hydrogen-bond acceptors (Lipinski definition) is 12. The van der Waals surface area contributed by atoms with Gasteiger partial charge in [0.15, 0.2) is 0 Å². The molecule has 0 fully saturated rings. The molecule has 16 rings (SSSR count). The van der Waals surface area contributed by atoms with Crippen LogP contribution in [0.25, 0.3) is 0 Å². The Morgan fingerprint density at radius 1 is 0.131 bits per heavy atom. The van der Waals surface area contributed by atoms with Gasteiger partial charge < -0.3 is 53.1 Å². The van der Waals surface area contributed by atoms with E-state index in [1.54, 1.807) is 0 Å². The number of hydrogen-bond donors (Lipinski definition) is 0. The van der Waals surface area contributed by atoms with Gasteiger partial charge >= 0.3 is 43.3 Å². The van der Waals surface area contributed by atoms with Crippen LogP contribution >= 0.6 is 63.4 Å². The van der Waals surface area contributed by atoms with Crippen LogP contribution in [0.5, 0.6) is 0 Å². The second-order valence-electron chi connectivity index (χ2n) is 35.8. The Morgan fingerprint density at radius 3 is 0.310 bits per heavy atom. The van der Waals surface area contributed by atoms with Crippen LogP contribution in [0.15, 0.2) is 485 Å². The molecule has 25 heteroatoms. The molecular formula is C120H132O12P8Si5. The lowest BCUT2D eigenvalue weighted by Crippen LogP contribution is -2.51. The van der Waals surface area contributed by atoms with Crippen LogP contribution < -0.4 is 84.9 Å². The zero-order valence-electron chi connectivity index (χ0n) is 83.3. The summed E-state index contributed by atoms with van der Waals surface area (Å²) in [6.07, 6.45) is 5.91. The van der Waals surface area contributed by atoms with E-state index in [1.807, 2.05) is 0 Å². The number of rotatable bonds is 60. The summed E-state index contributed by atoms with van der Waals surface area (Å²) < 4.78 is 92.4. The molecule has 0 N–H and O–H groups in total. The van der Waals surface area contributed by atoms with Crippen LogP contribution in [0.2, 0.25) is 50.4 Å². The molecule has 0 saturated heterocycles. The molecule has 0 aliphatic carbocycles. The highest BCUT2D eigenvalue weighted by atomic mass is 31.1. The fourth-order valence-electron chi connectivity index (χ4n) is 17.1. The lowest BCUT2D eigenvalue weighted by Gasteiger charge is -2.34. The molecule has 0 unspecified atom stereocenters. The predicted octanol–water partition coefficient (Wildman–Crippen LogP) is 24.2. The van der Waals surface area contributed by atoms with E-state index in [2.05, 4.69) is 511 Å². The van der Waals surface area contributed by atoms with Crippen molar-refractivity contribution >= 4 is 192 Å². The van der Waals surface area contributed by atoms with Gasteiger partial charge in [0, 0.05) is 26.4 Å². The summed E-state index contributed by atoms with van der Waals surface area (Å²) in [6.45, 7) is 9.88. The minimum Gasteiger partial charge on any atom is -0.389 e. The van der Waals surface area contributed by atoms with E-state index < -0.39 is 107 Å². The Bertz CT molecular complexity index is 4860. The van der Waals surface area contributed by atoms with Crippen LogP contribution in [0.1, 0.15) is 25.7 Å². The number of benzene rings is 16. The largest absolute Gasteiger partial charge is 0.679 e. The van der Waals surface area contributed by atoms with Gasteiger partial charge in [-0.2, -0.15) is 0 Å². The van der Waals surface area contributed by atoms with Crippen LogP contribution in [-0.2, 0) is 53.1 Å². The molecule has 744 valence electrons. The van der Waals surface area contributed by atoms with Crippen molar-refractivity contribution in [2.75, 3.05) is 77.2 Å². The highest BCUT2D eigenvalue weighted by Crippen LogP contribution is 2.46. The maximum Gasteiger partial charge on any atom is 0.679 e. The highest BCUT2D eigenvalue weighted by Gasteiger charge is 2.48. The van der Waals surface area contributed by atoms with E-state index in [1.165, 1.54) is 84.9 Å². The molecule has 16 aromatic rings. The van der Waals surface area contributed by atoms with Crippen molar-refractivity contribution in [1.82, 2.24) is 0 Å². The van der Waals surface area contributed by atoms with Gasteiger partial charge in [0.25, 0.3) is 0 Å². The zero-order valence-corrected chi connectivity index (χ0v) is 95.5. The third-order valence-corrected chi connectivity index (χ3v) is 58.4. The fourth-order valence-corrected chi connectivity index (χ4v) is 49.9. The minimum absolute atomic E-state index is 0.205. The van der Waals surface area contributed by atoms with E-state index in [4.69, 9.17) is 53.1 Å². The van der Waals surface area contributed by atoms with Crippen LogP contribution in [0, 0.1) is 0 Å². The summed E-state index contributed by atoms with van der Waals surface area (Å²) in [5, 5.41) is 19.8. The first kappa shape index (κ1) is 109. The van der Waals surface area contributed by atoms with E-state index in [0.29, 0.717) is 101 Å². The van der Waals surface area contributed by atoms with Crippen molar-refractivity contribution in [3.05, 3.63) is 485 Å². The molecule has 0 aliphatic heterocycles. The second kappa shape index (κ2) is 58.1. The minimum atomic E-state index is -4.42. The molecule has 0 amide bonds. The summed E-state index contributed by atoms with van der Waals surface area (Å²) in [4.78, 5) is 0. The summed E-state index contributed by atoms with van der Waals surface area (Å²) in [5.41, 5.74) is 0. The average Bonchev–Trinajstić information content (AvgIpc) is 0.827. The monoisotopic (exact) mass is 2150 g/mol. The SMILES string of the molecule is C[Si](CCCO[Si](OCCC[Si](C)(OCP(c1ccccc1)c1ccccc1)OCP(c1ccccc1)c1ccccc1)(OCCC[Si](C)(OCP(c1ccccc1)c1ccccc1)OCP(c1ccccc1)c1ccccc1)OCCC[Si](C)(OCP(c1ccccc1)c1ccccc1)OCP(c1ccccc1)c1ccccc1)(OCP(c1ccccc1)c1ccccc1)OCP(c1ccccc1)c1ccccc1. The highest BCUT2D eigenvalue weighted by molar-refractivity contribution is 7.75. The summed E-state index contributed by atoms with van der Waals surface area (Å²) in [6, 6.07) is 176. The molecular weight excluding hydrogens is 2020 g/mol. The smallest absolute Gasteiger partial charge is 0.389 e. The normalized spacial score (nSPS) is 12.3. The fraction of sp³-hybridized carbons (Fsp3) is 0.200. The molecule has 12 nitrogen and oxygen atoms in total. The van der Waals surface area contributed by atoms with Crippen molar-refractivity contribution in [3.8, 4) is 0 Å². The molecule has 16 aromatic carbocycles. The topological polar surface area (TPSA) is 111 Å². The van der Waals surface area contributed by atoms with Crippen molar-refractivity contribution in [2.45, 2.75) is 76.0 Å². The van der Waals surface area contributed by atoms with Crippen LogP contribution in [0.3, 0.4) is 0 Å². The van der Waals surface area contributed by atoms with Gasteiger partial charge in [0.05, 0.1) is 50.8 Å². The van der Waals surface area contributed by atoms with Gasteiger partial charge in [0.2, 0.25) is 0 Å². The second-order valence-corrected chi connectivity index (χ2v) is 68.5. The molecule has 0 atom stereocenters. The maximum atomic E-state index is 7.77. The third-order valence-electron chi connectivity index (χ3n) is 25.3. The summed E-state index contributed by atoms with van der Waals surface area (Å²) >= 11 is 0. The molecule has 0 spiro atoms. The van der Waals surface area contributed by atoms with Crippen molar-refractivity contribution < 1.29 is 53.1 Å². The Hall–Kier alpha value is -8.44. The summed E-state index contributed by atoms with van der Waals surface area (Å²) in [5.74, 6) is 0. The van der Waals surface area contributed by atoms with Gasteiger partial charge in [-0.25, -0.2) is 0 Å². The van der Waals surface area contributed by atoms with E-state index in [9.17, 15) is 0 Å². The van der Waals surface area contributed by atoms with Gasteiger partial charge in [-0.15, -0.1) is 0 Å². The van der Waals surface area contributed by atoms with Crippen LogP contribution in [0.4, 0.5) is 0 Å². The third kappa shape index (κ3) is 33.8. The molecule has 0 aromatic heterocycles. The zero-order chi connectivity index (χ0) is 99.6. The van der Waals surface area contributed by atoms with Crippen LogP contribution in [-0.4, -0.2) is 121 Å². The maximum absolute atomic E-state index is 7.77. The van der Waals surface area contributed by atoms with E-state index in [0.717, 1.165) is 0 Å². The summed E-state index contributed by atoms with van der Waals surface area (Å²) in [7, 11) is -25.1. The Balaban J connectivity index is 0.768. The Kier molecular flexibility index (Phi) is 43.8. The first-order valence-electron chi connectivity index (χ1n) is 50.0. The molecule has 145 heavy (non-hydrogen) atoms. The lowest BCUT2D eigenvalue weighted by molar-refractivity contribution is -0.0357. The van der Waals surface area contributed by atoms with Gasteiger partial charge in [-0.05, 0) is 224 Å². The first-order valence-corrected chi connectivity index (χ1v) is 73.9. The van der Waals surface area contributed by atoms with Crippen molar-refractivity contribution in [1.29, 1.82) is 0 Å². The molecule has 0 radical (unpaired) electrons. The van der Waals surface area contributed by atoms with Crippen molar-refractivity contribution in [3.63, 3.8) is 0 Å². The standard InChI is InChI=1S/C120H132O12P8Si5/c1-141(125-97-133(105-57-21-5-22-58-105)106-59-23-6-24-60-106,126-98-134(107-61-25-7-26-62-107)108-63-27-8-28-64-108)93-53-89-121-145(122-90-54-94-142(2,127-99-135(109-65-29-9-30-66-109)110-67-31-10-32-68-110)128-100-136(111-69-33-11-34-70-111)112-71-35-12-36-72-112,123-91-55-95-143(3,129-101-137(113-73-37-13-38-74-113)114-75-39-14-40-76-114)130-102-138(115-77-41-15-42-78-115)116-79-43-16-44-80-116)124-92-56-96-144(4,131-103-139(117-81-45-17-46-82-117)118-83-47-18-48-84-118)132-104-140(119-85-49-19-50-86-119)120-87-51-20-52-88-120/h5-52,57-88H,53-56,89-104H2,1-4H3. The quantitative estimate of drug-likeness (QED) is 0.0206. The Morgan fingerprint density at radius 2 is 0.221 bits per heavy atom. The van der Waals surface area contributed by atoms with Gasteiger partial charge in [0.1, 0.15) is 0 Å². The molecule has 0 heterocycles. The van der Waals surface area contributed by atoms with E-state index in [-0.39, 0.29) is 26.4 Å².